The van der Waals surface area contributed by atoms with Gasteiger partial charge < -0.3 is 15.0 Å². The summed E-state index contributed by atoms with van der Waals surface area (Å²) in [4.78, 5) is 11.8. The van der Waals surface area contributed by atoms with Crippen molar-refractivity contribution in [1.29, 1.82) is 0 Å². The van der Waals surface area contributed by atoms with Gasteiger partial charge in [0.2, 0.25) is 0 Å². The lowest BCUT2D eigenvalue weighted by atomic mass is 9.83. The first kappa shape index (κ1) is 16.4. The molecule has 0 spiro atoms. The molecule has 2 rings (SSSR count). The third kappa shape index (κ3) is 4.48. The first-order valence-electron chi connectivity index (χ1n) is 7.67. The zero-order chi connectivity index (χ0) is 15.2. The highest BCUT2D eigenvalue weighted by molar-refractivity contribution is 7.98. The van der Waals surface area contributed by atoms with Crippen molar-refractivity contribution in [1.82, 2.24) is 0 Å². The van der Waals surface area contributed by atoms with Crippen LogP contribution in [0, 0.1) is 0 Å². The molecule has 1 atom stereocenters. The van der Waals surface area contributed by atoms with Crippen LogP contribution in [-0.2, 0) is 11.2 Å². The van der Waals surface area contributed by atoms with Gasteiger partial charge in [0, 0.05) is 4.90 Å². The second-order valence-electron chi connectivity index (χ2n) is 5.78. The summed E-state index contributed by atoms with van der Waals surface area (Å²) in [5.41, 5.74) is 2.52. The molecule has 1 saturated carbocycles. The number of carboxylic acids is 1. The average Bonchev–Trinajstić information content (AvgIpc) is 2.53. The number of aliphatic hydroxyl groups excluding tert-OH is 1. The lowest BCUT2D eigenvalue weighted by Crippen LogP contribution is -2.35. The average molecular weight is 307 g/mol. The molecule has 0 amide bonds. The number of aryl methyl sites for hydroxylation is 1. The smallest absolute Gasteiger partial charge is 0.0936 e. The molecule has 1 N–H and O–H groups in total. The molecule has 1 aliphatic rings. The van der Waals surface area contributed by atoms with Crippen LogP contribution in [-0.4, -0.2) is 23.4 Å². The maximum Gasteiger partial charge on any atom is 0.0936 e. The predicted molar refractivity (Wildman–Crippen MR) is 83.4 cm³/mol. The number of benzene rings is 1. The van der Waals surface area contributed by atoms with E-state index in [0.717, 1.165) is 5.56 Å². The Balaban J connectivity index is 2.06. The fraction of sp³-hybridized carbons (Fsp3) is 0.588. The summed E-state index contributed by atoms with van der Waals surface area (Å²) in [7, 11) is 0. The highest BCUT2D eigenvalue weighted by atomic mass is 32.2. The van der Waals surface area contributed by atoms with E-state index in [4.69, 9.17) is 0 Å². The highest BCUT2D eigenvalue weighted by Gasteiger charge is 2.18. The van der Waals surface area contributed by atoms with E-state index in [1.807, 2.05) is 0 Å². The Kier molecular flexibility index (Phi) is 6.12. The van der Waals surface area contributed by atoms with Crippen LogP contribution in [0.5, 0.6) is 0 Å². The van der Waals surface area contributed by atoms with Crippen molar-refractivity contribution < 1.29 is 15.0 Å². The van der Waals surface area contributed by atoms with Crippen molar-refractivity contribution in [3.8, 4) is 0 Å². The molecule has 1 unspecified atom stereocenters. The molecule has 0 heterocycles. The van der Waals surface area contributed by atoms with Gasteiger partial charge in [0.05, 0.1) is 12.1 Å². The number of hydrogen-bond donors (Lipinski definition) is 1. The SMILES string of the molecule is CSc1cc(CCC(O)C(=O)[O-])ccc1C1CCCCC1. The van der Waals surface area contributed by atoms with E-state index in [1.165, 1.54) is 42.6 Å². The monoisotopic (exact) mass is 307 g/mol. The van der Waals surface area contributed by atoms with E-state index in [9.17, 15) is 15.0 Å². The van der Waals surface area contributed by atoms with E-state index in [1.54, 1.807) is 11.8 Å². The molecule has 1 aliphatic carbocycles. The number of rotatable bonds is 6. The van der Waals surface area contributed by atoms with Crippen molar-refractivity contribution in [3.05, 3.63) is 29.3 Å². The molecule has 116 valence electrons. The second-order valence-corrected chi connectivity index (χ2v) is 6.63. The fourth-order valence-electron chi connectivity index (χ4n) is 3.08. The number of hydrogen-bond acceptors (Lipinski definition) is 4. The quantitative estimate of drug-likeness (QED) is 0.820. The predicted octanol–water partition coefficient (Wildman–Crippen LogP) is 2.50. The van der Waals surface area contributed by atoms with E-state index in [-0.39, 0.29) is 6.42 Å². The second kappa shape index (κ2) is 7.85. The molecule has 4 heteroatoms. The third-order valence-corrected chi connectivity index (χ3v) is 5.11. The number of carboxylic acid groups (broad SMARTS) is 1. The Morgan fingerprint density at radius 1 is 1.38 bits per heavy atom. The molecule has 0 aromatic heterocycles. The van der Waals surface area contributed by atoms with Crippen molar-refractivity contribution in [2.45, 2.75) is 61.9 Å². The van der Waals surface area contributed by atoms with Gasteiger partial charge >= 0.3 is 0 Å². The van der Waals surface area contributed by atoms with Gasteiger partial charge in [-0.1, -0.05) is 31.4 Å². The minimum atomic E-state index is -1.39. The summed E-state index contributed by atoms with van der Waals surface area (Å²) in [6.45, 7) is 0. The molecule has 0 radical (unpaired) electrons. The molecule has 0 bridgehead atoms. The van der Waals surface area contributed by atoms with E-state index in [0.29, 0.717) is 12.3 Å². The van der Waals surface area contributed by atoms with Crippen molar-refractivity contribution in [2.75, 3.05) is 6.26 Å². The van der Waals surface area contributed by atoms with Crippen LogP contribution < -0.4 is 5.11 Å². The Morgan fingerprint density at radius 3 is 2.71 bits per heavy atom. The van der Waals surface area contributed by atoms with Crippen LogP contribution in [0.4, 0.5) is 0 Å². The molecular formula is C17H23O3S-. The summed E-state index contributed by atoms with van der Waals surface area (Å²) in [5.74, 6) is -0.719. The summed E-state index contributed by atoms with van der Waals surface area (Å²) in [6.07, 6.45) is 8.02. The third-order valence-electron chi connectivity index (χ3n) is 4.32. The van der Waals surface area contributed by atoms with Gasteiger partial charge in [-0.25, -0.2) is 0 Å². The van der Waals surface area contributed by atoms with Crippen molar-refractivity contribution in [3.63, 3.8) is 0 Å². The maximum atomic E-state index is 10.5. The van der Waals surface area contributed by atoms with Crippen LogP contribution >= 0.6 is 11.8 Å². The fourth-order valence-corrected chi connectivity index (χ4v) is 3.82. The minimum Gasteiger partial charge on any atom is -0.547 e. The molecule has 3 nitrogen and oxygen atoms in total. The van der Waals surface area contributed by atoms with E-state index in [2.05, 4.69) is 24.5 Å². The Morgan fingerprint density at radius 2 is 2.10 bits per heavy atom. The van der Waals surface area contributed by atoms with Gasteiger partial charge in [0.25, 0.3) is 0 Å². The van der Waals surface area contributed by atoms with Crippen LogP contribution in [0.2, 0.25) is 0 Å². The molecule has 21 heavy (non-hydrogen) atoms. The Labute approximate surface area is 130 Å². The topological polar surface area (TPSA) is 60.4 Å². The molecule has 0 saturated heterocycles. The lowest BCUT2D eigenvalue weighted by Gasteiger charge is -2.24. The molecule has 0 aliphatic heterocycles. The number of carbonyl (C=O) groups is 1. The Bertz CT molecular complexity index is 481. The van der Waals surface area contributed by atoms with Crippen LogP contribution in [0.25, 0.3) is 0 Å². The van der Waals surface area contributed by atoms with Gasteiger partial charge in [-0.2, -0.15) is 0 Å². The minimum absolute atomic E-state index is 0.207. The van der Waals surface area contributed by atoms with Crippen LogP contribution in [0.1, 0.15) is 55.6 Å². The van der Waals surface area contributed by atoms with Crippen molar-refractivity contribution >= 4 is 17.7 Å². The molecule has 1 aromatic rings. The van der Waals surface area contributed by atoms with Crippen LogP contribution in [0.15, 0.2) is 23.1 Å². The van der Waals surface area contributed by atoms with Crippen LogP contribution in [0.3, 0.4) is 0 Å². The van der Waals surface area contributed by atoms with Gasteiger partial charge in [-0.05, 0) is 55.1 Å². The van der Waals surface area contributed by atoms with E-state index < -0.39 is 12.1 Å². The van der Waals surface area contributed by atoms with E-state index >= 15 is 0 Å². The van der Waals surface area contributed by atoms with Gasteiger partial charge in [-0.3, -0.25) is 0 Å². The number of aliphatic carboxylic acids is 1. The zero-order valence-corrected chi connectivity index (χ0v) is 13.3. The zero-order valence-electron chi connectivity index (χ0n) is 12.5. The molecule has 1 fully saturated rings. The van der Waals surface area contributed by atoms with Gasteiger partial charge in [0.1, 0.15) is 0 Å². The standard InChI is InChI=1S/C17H24O3S/c1-21-16-11-12(8-10-15(18)17(19)20)7-9-14(16)13-5-3-2-4-6-13/h7,9,11,13,15,18H,2-6,8,10H2,1H3,(H,19,20)/p-1. The highest BCUT2D eigenvalue weighted by Crippen LogP contribution is 2.37. The summed E-state index contributed by atoms with van der Waals surface area (Å²) >= 11 is 1.75. The maximum absolute atomic E-state index is 10.5. The van der Waals surface area contributed by atoms with Gasteiger partial charge in [0.15, 0.2) is 0 Å². The first-order chi connectivity index (χ1) is 10.1. The van der Waals surface area contributed by atoms with Crippen molar-refractivity contribution in [2.24, 2.45) is 0 Å². The lowest BCUT2D eigenvalue weighted by molar-refractivity contribution is -0.315. The Hall–Kier alpha value is -1.00. The molecule has 1 aromatic carbocycles. The first-order valence-corrected chi connectivity index (χ1v) is 8.90. The number of thioether (sulfide) groups is 1. The summed E-state index contributed by atoms with van der Waals surface area (Å²) < 4.78 is 0. The number of carbonyl (C=O) groups excluding carboxylic acids is 1. The summed E-state index contributed by atoms with van der Waals surface area (Å²) in [5, 5.41) is 19.8. The van der Waals surface area contributed by atoms with Gasteiger partial charge in [-0.15, -0.1) is 11.8 Å². The largest absolute Gasteiger partial charge is 0.547 e. The normalized spacial score (nSPS) is 17.6. The number of aliphatic hydroxyl groups is 1. The summed E-state index contributed by atoms with van der Waals surface area (Å²) in [6, 6.07) is 6.42. The molecular weight excluding hydrogens is 284 g/mol.